The zero-order valence-electron chi connectivity index (χ0n) is 10.1. The Kier molecular flexibility index (Phi) is 3.66. The standard InChI is InChI=1S/C16H15IS/c17-15-10-12(15)5-3-7-14-13-6-2-1-4-11(13)8-9-16(14)18/h1-2,4,6-9,12,15H,3,5,10H2/b14-7+/t12-,15+/m0/s1. The van der Waals surface area contributed by atoms with Crippen molar-refractivity contribution in [3.8, 4) is 0 Å². The average molecular weight is 366 g/mol. The highest BCUT2D eigenvalue weighted by molar-refractivity contribution is 14.1. The highest BCUT2D eigenvalue weighted by Crippen LogP contribution is 2.42. The molecule has 1 saturated carbocycles. The van der Waals surface area contributed by atoms with Crippen molar-refractivity contribution < 1.29 is 0 Å². The van der Waals surface area contributed by atoms with E-state index in [1.807, 2.05) is 0 Å². The Morgan fingerprint density at radius 1 is 1.28 bits per heavy atom. The maximum atomic E-state index is 5.46. The Labute approximate surface area is 127 Å². The molecule has 0 saturated heterocycles. The summed E-state index contributed by atoms with van der Waals surface area (Å²) in [5.41, 5.74) is 3.84. The Morgan fingerprint density at radius 3 is 2.83 bits per heavy atom. The molecule has 18 heavy (non-hydrogen) atoms. The van der Waals surface area contributed by atoms with Gasteiger partial charge in [0.1, 0.15) is 0 Å². The normalized spacial score (nSPS) is 27.4. The molecule has 2 heteroatoms. The van der Waals surface area contributed by atoms with Crippen LogP contribution in [0, 0.1) is 5.92 Å². The van der Waals surface area contributed by atoms with E-state index in [1.54, 1.807) is 0 Å². The van der Waals surface area contributed by atoms with Gasteiger partial charge in [0, 0.05) is 8.79 Å². The van der Waals surface area contributed by atoms with Crippen LogP contribution >= 0.6 is 34.8 Å². The predicted molar refractivity (Wildman–Crippen MR) is 91.2 cm³/mol. The van der Waals surface area contributed by atoms with Gasteiger partial charge in [-0.05, 0) is 48.0 Å². The summed E-state index contributed by atoms with van der Waals surface area (Å²) in [4.78, 5) is 0.982. The van der Waals surface area contributed by atoms with Crippen LogP contribution in [0.3, 0.4) is 0 Å². The van der Waals surface area contributed by atoms with Crippen molar-refractivity contribution in [3.63, 3.8) is 0 Å². The second-order valence-corrected chi connectivity index (χ2v) is 7.03. The van der Waals surface area contributed by atoms with Gasteiger partial charge < -0.3 is 0 Å². The first-order valence-corrected chi connectivity index (χ1v) is 8.07. The number of allylic oxidation sites excluding steroid dienone is 3. The highest BCUT2D eigenvalue weighted by atomic mass is 127. The molecule has 0 aliphatic heterocycles. The van der Waals surface area contributed by atoms with Crippen molar-refractivity contribution in [2.24, 2.45) is 5.92 Å². The minimum absolute atomic E-state index is 0.923. The van der Waals surface area contributed by atoms with Crippen molar-refractivity contribution in [1.29, 1.82) is 0 Å². The molecule has 0 bridgehead atoms. The van der Waals surface area contributed by atoms with Gasteiger partial charge in [-0.2, -0.15) is 0 Å². The molecule has 0 spiro atoms. The summed E-state index contributed by atoms with van der Waals surface area (Å²) in [5.74, 6) is 0.949. The second-order valence-electron chi connectivity index (χ2n) is 4.99. The fraction of sp³-hybridized carbons (Fsp3) is 0.312. The van der Waals surface area contributed by atoms with Gasteiger partial charge in [0.15, 0.2) is 0 Å². The van der Waals surface area contributed by atoms with E-state index in [0.717, 1.165) is 21.1 Å². The molecule has 1 aromatic carbocycles. The van der Waals surface area contributed by atoms with E-state index >= 15 is 0 Å². The Hall–Kier alpha value is -0.480. The molecular formula is C16H15IS. The molecule has 0 heterocycles. The summed E-state index contributed by atoms with van der Waals surface area (Å²) >= 11 is 8.02. The van der Waals surface area contributed by atoms with E-state index in [9.17, 15) is 0 Å². The molecule has 0 radical (unpaired) electrons. The van der Waals surface area contributed by atoms with Gasteiger partial charge in [-0.25, -0.2) is 0 Å². The Bertz CT molecular complexity index is 542. The number of halogens is 1. The fourth-order valence-electron chi connectivity index (χ4n) is 2.44. The summed E-state index contributed by atoms with van der Waals surface area (Å²) in [6, 6.07) is 8.51. The predicted octanol–water partition coefficient (Wildman–Crippen LogP) is 5.07. The van der Waals surface area contributed by atoms with E-state index < -0.39 is 0 Å². The fourth-order valence-corrected chi connectivity index (χ4v) is 3.71. The van der Waals surface area contributed by atoms with Gasteiger partial charge >= 0.3 is 0 Å². The van der Waals surface area contributed by atoms with Crippen LogP contribution in [-0.4, -0.2) is 8.79 Å². The minimum atomic E-state index is 0.923. The largest absolute Gasteiger partial charge is 0.0823 e. The molecule has 0 unspecified atom stereocenters. The molecule has 1 fully saturated rings. The lowest BCUT2D eigenvalue weighted by molar-refractivity contribution is 0.749. The van der Waals surface area contributed by atoms with Gasteiger partial charge in [-0.3, -0.25) is 0 Å². The first-order valence-electron chi connectivity index (χ1n) is 6.42. The number of fused-ring (bicyclic) bond motifs is 1. The van der Waals surface area contributed by atoms with Crippen molar-refractivity contribution in [1.82, 2.24) is 0 Å². The van der Waals surface area contributed by atoms with E-state index in [0.29, 0.717) is 0 Å². The Morgan fingerprint density at radius 2 is 2.06 bits per heavy atom. The van der Waals surface area contributed by atoms with Crippen molar-refractivity contribution in [2.75, 3.05) is 0 Å². The van der Waals surface area contributed by atoms with Crippen LogP contribution in [0.15, 0.2) is 36.4 Å². The summed E-state index contributed by atoms with van der Waals surface area (Å²) in [6.45, 7) is 0. The maximum Gasteiger partial charge on any atom is 0.0452 e. The minimum Gasteiger partial charge on any atom is -0.0823 e. The van der Waals surface area contributed by atoms with Crippen LogP contribution in [0.2, 0.25) is 0 Å². The molecular weight excluding hydrogens is 351 g/mol. The average Bonchev–Trinajstić information content (AvgIpc) is 3.08. The Balaban J connectivity index is 1.79. The maximum absolute atomic E-state index is 5.46. The molecule has 0 nitrogen and oxygen atoms in total. The van der Waals surface area contributed by atoms with Gasteiger partial charge in [-0.15, -0.1) is 0 Å². The lowest BCUT2D eigenvalue weighted by Gasteiger charge is -2.15. The second kappa shape index (κ2) is 5.25. The quantitative estimate of drug-likeness (QED) is 0.312. The van der Waals surface area contributed by atoms with Crippen LogP contribution in [-0.2, 0) is 0 Å². The van der Waals surface area contributed by atoms with Crippen LogP contribution in [0.25, 0.3) is 11.6 Å². The molecule has 92 valence electrons. The van der Waals surface area contributed by atoms with Gasteiger partial charge in [0.05, 0.1) is 0 Å². The number of benzene rings is 1. The van der Waals surface area contributed by atoms with Crippen molar-refractivity contribution >= 4 is 51.3 Å². The zero-order chi connectivity index (χ0) is 12.5. The molecule has 2 aliphatic rings. The first kappa shape index (κ1) is 12.5. The number of hydrogen-bond acceptors (Lipinski definition) is 1. The van der Waals surface area contributed by atoms with Crippen LogP contribution in [0.1, 0.15) is 30.4 Å². The lowest BCUT2D eigenvalue weighted by Crippen LogP contribution is -2.02. The number of alkyl halides is 1. The smallest absolute Gasteiger partial charge is 0.0452 e. The van der Waals surface area contributed by atoms with Crippen molar-refractivity contribution in [3.05, 3.63) is 47.5 Å². The molecule has 0 N–H and O–H groups in total. The summed E-state index contributed by atoms with van der Waals surface area (Å²) in [6.07, 6.45) is 10.4. The van der Waals surface area contributed by atoms with E-state index in [-0.39, 0.29) is 0 Å². The zero-order valence-corrected chi connectivity index (χ0v) is 13.1. The molecule has 0 aromatic heterocycles. The van der Waals surface area contributed by atoms with Crippen LogP contribution < -0.4 is 0 Å². The third-order valence-electron chi connectivity index (χ3n) is 3.65. The van der Waals surface area contributed by atoms with Crippen LogP contribution in [0.5, 0.6) is 0 Å². The molecule has 0 amide bonds. The third-order valence-corrected chi connectivity index (χ3v) is 5.53. The number of thiocarbonyl (C=S) groups is 1. The molecule has 3 rings (SSSR count). The summed E-state index contributed by atoms with van der Waals surface area (Å²) in [5, 5.41) is 0. The monoisotopic (exact) mass is 366 g/mol. The van der Waals surface area contributed by atoms with Gasteiger partial charge in [-0.1, -0.05) is 71.2 Å². The summed E-state index contributed by atoms with van der Waals surface area (Å²) in [7, 11) is 0. The molecule has 1 aromatic rings. The topological polar surface area (TPSA) is 0 Å². The van der Waals surface area contributed by atoms with E-state index in [2.05, 4.69) is 65.1 Å². The number of hydrogen-bond donors (Lipinski definition) is 0. The van der Waals surface area contributed by atoms with E-state index in [4.69, 9.17) is 12.2 Å². The van der Waals surface area contributed by atoms with E-state index in [1.165, 1.54) is 29.5 Å². The third kappa shape index (κ3) is 2.59. The first-order chi connectivity index (χ1) is 8.75. The summed E-state index contributed by atoms with van der Waals surface area (Å²) < 4.78 is 0.923. The van der Waals surface area contributed by atoms with Crippen LogP contribution in [0.4, 0.5) is 0 Å². The van der Waals surface area contributed by atoms with Gasteiger partial charge in [0.25, 0.3) is 0 Å². The lowest BCUT2D eigenvalue weighted by atomic mass is 9.91. The SMILES string of the molecule is S=C1C=Cc2ccccc2/C1=C\CC[C@H]1C[C@H]1I. The molecule has 2 atom stereocenters. The van der Waals surface area contributed by atoms with Crippen molar-refractivity contribution in [2.45, 2.75) is 23.2 Å². The molecule has 2 aliphatic carbocycles. The number of rotatable bonds is 3. The van der Waals surface area contributed by atoms with Gasteiger partial charge in [0.2, 0.25) is 0 Å². The highest BCUT2D eigenvalue weighted by Gasteiger charge is 2.33.